The molecule has 0 saturated heterocycles. The van der Waals surface area contributed by atoms with Crippen LogP contribution < -0.4 is 4.74 Å². The van der Waals surface area contributed by atoms with E-state index in [2.05, 4.69) is 15.1 Å². The summed E-state index contributed by atoms with van der Waals surface area (Å²) in [5, 5.41) is 4.30. The molecule has 0 aliphatic rings. The van der Waals surface area contributed by atoms with E-state index in [1.54, 1.807) is 17.1 Å². The molecule has 0 atom stereocenters. The maximum Gasteiger partial charge on any atom is 0.257 e. The van der Waals surface area contributed by atoms with Crippen LogP contribution in [0.25, 0.3) is 0 Å². The number of nitrogens with zero attached hydrogens (tertiary/aromatic N) is 4. The molecule has 0 N–H and O–H groups in total. The van der Waals surface area contributed by atoms with Crippen LogP contribution in [-0.2, 0) is 6.54 Å². The second-order valence-corrected chi connectivity index (χ2v) is 3.14. The summed E-state index contributed by atoms with van der Waals surface area (Å²) in [4.78, 5) is 7.81. The first-order valence-electron chi connectivity index (χ1n) is 4.46. The summed E-state index contributed by atoms with van der Waals surface area (Å²) in [5.41, 5.74) is 0. The lowest BCUT2D eigenvalue weighted by molar-refractivity contribution is 0.459. The quantitative estimate of drug-likeness (QED) is 0.802. The minimum Gasteiger partial charge on any atom is -0.433 e. The molecule has 15 heavy (non-hydrogen) atoms. The van der Waals surface area contributed by atoms with Gasteiger partial charge in [0.1, 0.15) is 0 Å². The fourth-order valence-corrected chi connectivity index (χ4v) is 1.20. The Kier molecular flexibility index (Phi) is 2.82. The Labute approximate surface area is 91.7 Å². The van der Waals surface area contributed by atoms with Gasteiger partial charge in [0, 0.05) is 18.9 Å². The van der Waals surface area contributed by atoms with Crippen molar-refractivity contribution in [2.24, 2.45) is 0 Å². The lowest BCUT2D eigenvalue weighted by atomic mass is 10.6. The molecule has 0 aliphatic heterocycles. The molecule has 2 rings (SSSR count). The zero-order valence-corrected chi connectivity index (χ0v) is 8.85. The molecule has 78 valence electrons. The van der Waals surface area contributed by atoms with Crippen molar-refractivity contribution >= 4 is 11.6 Å². The lowest BCUT2D eigenvalue weighted by Crippen LogP contribution is -1.92. The zero-order valence-electron chi connectivity index (χ0n) is 8.09. The lowest BCUT2D eigenvalue weighted by Gasteiger charge is -2.01. The average Bonchev–Trinajstić information content (AvgIpc) is 2.69. The molecule has 0 aliphatic carbocycles. The van der Waals surface area contributed by atoms with Crippen molar-refractivity contribution in [3.63, 3.8) is 0 Å². The second kappa shape index (κ2) is 4.27. The third kappa shape index (κ3) is 2.24. The minimum absolute atomic E-state index is 0.238. The minimum atomic E-state index is 0.238. The van der Waals surface area contributed by atoms with Gasteiger partial charge in [-0.25, -0.2) is 9.97 Å². The largest absolute Gasteiger partial charge is 0.433 e. The Balaban J connectivity index is 2.18. The molecule has 2 heterocycles. The Morgan fingerprint density at radius 3 is 2.87 bits per heavy atom. The highest BCUT2D eigenvalue weighted by molar-refractivity contribution is 6.30. The van der Waals surface area contributed by atoms with Gasteiger partial charge in [-0.2, -0.15) is 5.10 Å². The summed E-state index contributed by atoms with van der Waals surface area (Å²) in [7, 11) is 0. The van der Waals surface area contributed by atoms with Crippen LogP contribution in [0.1, 0.15) is 6.92 Å². The van der Waals surface area contributed by atoms with Gasteiger partial charge in [-0.3, -0.25) is 4.68 Å². The predicted molar refractivity (Wildman–Crippen MR) is 55.0 cm³/mol. The number of hydrogen-bond donors (Lipinski definition) is 0. The van der Waals surface area contributed by atoms with Gasteiger partial charge in [-0.05, 0) is 6.92 Å². The number of ether oxygens (including phenoxy) is 1. The molecule has 0 unspecified atom stereocenters. The first kappa shape index (κ1) is 9.92. The van der Waals surface area contributed by atoms with E-state index < -0.39 is 0 Å². The first-order chi connectivity index (χ1) is 7.29. The van der Waals surface area contributed by atoms with Crippen molar-refractivity contribution in [3.8, 4) is 11.6 Å². The molecule has 2 aromatic heterocycles. The average molecular weight is 225 g/mol. The molecule has 6 heteroatoms. The third-order valence-corrected chi connectivity index (χ3v) is 2.03. The number of aryl methyl sites for hydroxylation is 1. The highest BCUT2D eigenvalue weighted by Gasteiger charge is 2.06. The number of halogens is 1. The van der Waals surface area contributed by atoms with Crippen LogP contribution in [0.2, 0.25) is 5.15 Å². The maximum atomic E-state index is 5.79. The molecule has 5 nitrogen and oxygen atoms in total. The smallest absolute Gasteiger partial charge is 0.257 e. The molecular formula is C9H9ClN4O. The van der Waals surface area contributed by atoms with Crippen LogP contribution >= 0.6 is 11.6 Å². The zero-order chi connectivity index (χ0) is 10.7. The molecule has 0 saturated carbocycles. The summed E-state index contributed by atoms with van der Waals surface area (Å²) in [6, 6.07) is 0. The van der Waals surface area contributed by atoms with Gasteiger partial charge in [0.15, 0.2) is 10.9 Å². The van der Waals surface area contributed by atoms with Crippen molar-refractivity contribution in [1.29, 1.82) is 0 Å². The van der Waals surface area contributed by atoms with E-state index >= 15 is 0 Å². The van der Waals surface area contributed by atoms with Crippen LogP contribution in [0.15, 0.2) is 24.8 Å². The molecule has 0 aromatic carbocycles. The van der Waals surface area contributed by atoms with Gasteiger partial charge in [0.25, 0.3) is 5.88 Å². The van der Waals surface area contributed by atoms with E-state index in [4.69, 9.17) is 16.3 Å². The van der Waals surface area contributed by atoms with E-state index in [9.17, 15) is 0 Å². The Hall–Kier alpha value is -1.62. The normalized spacial score (nSPS) is 10.3. The van der Waals surface area contributed by atoms with Gasteiger partial charge in [0.2, 0.25) is 0 Å². The highest BCUT2D eigenvalue weighted by atomic mass is 35.5. The predicted octanol–water partition coefficient (Wildman–Crippen LogP) is 2.14. The first-order valence-corrected chi connectivity index (χ1v) is 4.84. The monoisotopic (exact) mass is 224 g/mol. The Bertz CT molecular complexity index is 457. The van der Waals surface area contributed by atoms with Crippen LogP contribution in [-0.4, -0.2) is 19.7 Å². The van der Waals surface area contributed by atoms with Crippen molar-refractivity contribution in [2.75, 3.05) is 0 Å². The summed E-state index contributed by atoms with van der Waals surface area (Å²) in [5.74, 6) is 0.883. The summed E-state index contributed by atoms with van der Waals surface area (Å²) < 4.78 is 7.15. The number of rotatable bonds is 3. The molecule has 0 bridgehead atoms. The fraction of sp³-hybridized carbons (Fsp3) is 0.222. The highest BCUT2D eigenvalue weighted by Crippen LogP contribution is 2.23. The second-order valence-electron chi connectivity index (χ2n) is 2.79. The molecule has 2 aromatic rings. The van der Waals surface area contributed by atoms with Crippen LogP contribution in [0, 0.1) is 0 Å². The van der Waals surface area contributed by atoms with E-state index in [0.29, 0.717) is 5.75 Å². The van der Waals surface area contributed by atoms with Gasteiger partial charge >= 0.3 is 0 Å². The van der Waals surface area contributed by atoms with Crippen LogP contribution in [0.4, 0.5) is 0 Å². The molecule has 0 amide bonds. The molecule has 0 fully saturated rings. The SMILES string of the molecule is CCn1cc(Oc2nccnc2Cl)cn1. The Morgan fingerprint density at radius 2 is 2.20 bits per heavy atom. The fourth-order valence-electron chi connectivity index (χ4n) is 1.06. The van der Waals surface area contributed by atoms with Crippen LogP contribution in [0.5, 0.6) is 11.6 Å². The molecule has 0 spiro atoms. The van der Waals surface area contributed by atoms with Crippen molar-refractivity contribution < 1.29 is 4.74 Å². The van der Waals surface area contributed by atoms with E-state index in [-0.39, 0.29) is 11.0 Å². The number of hydrogen-bond acceptors (Lipinski definition) is 4. The standard InChI is InChI=1S/C9H9ClN4O/c1-2-14-6-7(5-13-14)15-9-8(10)11-3-4-12-9/h3-6H,2H2,1H3. The van der Waals surface area contributed by atoms with E-state index in [0.717, 1.165) is 6.54 Å². The van der Waals surface area contributed by atoms with E-state index in [1.165, 1.54) is 12.4 Å². The topological polar surface area (TPSA) is 52.8 Å². The number of aromatic nitrogens is 4. The van der Waals surface area contributed by atoms with Crippen molar-refractivity contribution in [2.45, 2.75) is 13.5 Å². The van der Waals surface area contributed by atoms with Gasteiger partial charge in [-0.15, -0.1) is 0 Å². The van der Waals surface area contributed by atoms with Gasteiger partial charge in [-0.1, -0.05) is 11.6 Å². The van der Waals surface area contributed by atoms with E-state index in [1.807, 2.05) is 6.92 Å². The Morgan fingerprint density at radius 1 is 1.40 bits per heavy atom. The maximum absolute atomic E-state index is 5.79. The van der Waals surface area contributed by atoms with Crippen LogP contribution in [0.3, 0.4) is 0 Å². The summed E-state index contributed by atoms with van der Waals surface area (Å²) >= 11 is 5.79. The van der Waals surface area contributed by atoms with Crippen molar-refractivity contribution in [3.05, 3.63) is 29.9 Å². The molecule has 0 radical (unpaired) electrons. The molecular weight excluding hydrogens is 216 g/mol. The van der Waals surface area contributed by atoms with Gasteiger partial charge < -0.3 is 4.74 Å². The summed E-state index contributed by atoms with van der Waals surface area (Å²) in [6.45, 7) is 2.78. The van der Waals surface area contributed by atoms with Gasteiger partial charge in [0.05, 0.1) is 12.4 Å². The van der Waals surface area contributed by atoms with Crippen molar-refractivity contribution in [1.82, 2.24) is 19.7 Å². The summed E-state index contributed by atoms with van der Waals surface area (Å²) in [6.07, 6.45) is 6.40. The third-order valence-electron chi connectivity index (χ3n) is 1.77.